The van der Waals surface area contributed by atoms with Gasteiger partial charge in [0.05, 0.1) is 5.57 Å². The molecule has 1 N–H and O–H groups in total. The predicted molar refractivity (Wildman–Crippen MR) is 159 cm³/mol. The van der Waals surface area contributed by atoms with Crippen LogP contribution in [-0.4, -0.2) is 27.3 Å². The lowest BCUT2D eigenvalue weighted by Crippen LogP contribution is -2.29. The number of aromatic nitrogens is 3. The first kappa shape index (κ1) is 27.8. The highest BCUT2D eigenvalue weighted by molar-refractivity contribution is 7.98. The fraction of sp³-hybridized carbons (Fsp3) is 0.167. The average molecular weight is 594 g/mol. The van der Waals surface area contributed by atoms with Gasteiger partial charge in [-0.15, -0.1) is 5.10 Å². The van der Waals surface area contributed by atoms with Gasteiger partial charge < -0.3 is 14.8 Å². The molecule has 3 aromatic carbocycles. The molecule has 0 amide bonds. The summed E-state index contributed by atoms with van der Waals surface area (Å²) in [6.07, 6.45) is 1.54. The minimum Gasteiger partial charge on any atom is -0.489 e. The molecule has 1 aliphatic rings. The van der Waals surface area contributed by atoms with Crippen molar-refractivity contribution in [1.29, 1.82) is 0 Å². The molecule has 0 fully saturated rings. The van der Waals surface area contributed by atoms with Crippen LogP contribution in [0, 0.1) is 0 Å². The Morgan fingerprint density at radius 3 is 2.73 bits per heavy atom. The lowest BCUT2D eigenvalue weighted by atomic mass is 9.95. The van der Waals surface area contributed by atoms with Crippen molar-refractivity contribution in [2.45, 2.75) is 30.5 Å². The van der Waals surface area contributed by atoms with Gasteiger partial charge in [0.2, 0.25) is 11.1 Å². The van der Waals surface area contributed by atoms with Crippen LogP contribution < -0.4 is 10.1 Å². The Bertz CT molecular complexity index is 1570. The topological polar surface area (TPSA) is 78.3 Å². The number of thioether (sulfide) groups is 1. The summed E-state index contributed by atoms with van der Waals surface area (Å²) in [6.45, 7) is 5.83. The molecule has 2 heterocycles. The maximum absolute atomic E-state index is 13.2. The van der Waals surface area contributed by atoms with Gasteiger partial charge in [0.1, 0.15) is 25.0 Å². The summed E-state index contributed by atoms with van der Waals surface area (Å²) in [5.41, 5.74) is 3.83. The zero-order valence-electron chi connectivity index (χ0n) is 21.6. The van der Waals surface area contributed by atoms with E-state index in [2.05, 4.69) is 24.0 Å². The second-order valence-corrected chi connectivity index (χ2v) is 10.8. The van der Waals surface area contributed by atoms with Gasteiger partial charge in [0.15, 0.2) is 0 Å². The maximum atomic E-state index is 13.2. The number of carbonyl (C=O) groups excluding carboxylic acids is 1. The molecule has 0 bridgehead atoms. The van der Waals surface area contributed by atoms with Gasteiger partial charge in [-0.1, -0.05) is 96.1 Å². The summed E-state index contributed by atoms with van der Waals surface area (Å²) in [7, 11) is 0. The quantitative estimate of drug-likeness (QED) is 0.116. The highest BCUT2D eigenvalue weighted by Crippen LogP contribution is 2.38. The van der Waals surface area contributed by atoms with Gasteiger partial charge in [-0.25, -0.2) is 9.48 Å². The van der Waals surface area contributed by atoms with E-state index in [9.17, 15) is 4.79 Å². The molecule has 204 valence electrons. The Morgan fingerprint density at radius 1 is 1.12 bits per heavy atom. The lowest BCUT2D eigenvalue weighted by Gasteiger charge is -2.28. The Hall–Kier alpha value is -3.72. The number of benzene rings is 3. The first-order chi connectivity index (χ1) is 19.4. The van der Waals surface area contributed by atoms with Crippen molar-refractivity contribution >= 4 is 46.9 Å². The van der Waals surface area contributed by atoms with Crippen molar-refractivity contribution in [2.24, 2.45) is 0 Å². The first-order valence-corrected chi connectivity index (χ1v) is 14.2. The molecule has 5 rings (SSSR count). The number of hydrogen-bond acceptors (Lipinski definition) is 7. The lowest BCUT2D eigenvalue weighted by molar-refractivity contribution is -0.138. The average Bonchev–Trinajstić information content (AvgIpc) is 3.36. The fourth-order valence-corrected chi connectivity index (χ4v) is 5.52. The largest absolute Gasteiger partial charge is 0.489 e. The van der Waals surface area contributed by atoms with Crippen molar-refractivity contribution < 1.29 is 14.3 Å². The van der Waals surface area contributed by atoms with Gasteiger partial charge in [-0.3, -0.25) is 0 Å². The minimum atomic E-state index is -0.588. The molecule has 1 atom stereocenters. The third-order valence-electron chi connectivity index (χ3n) is 6.18. The van der Waals surface area contributed by atoms with Gasteiger partial charge >= 0.3 is 5.97 Å². The number of nitrogens with one attached hydrogen (secondary N) is 1. The molecule has 7 nitrogen and oxygen atoms in total. The molecule has 4 aromatic rings. The number of anilines is 1. The van der Waals surface area contributed by atoms with E-state index in [1.807, 2.05) is 55.5 Å². The molecular formula is C30H26Cl2N4O3S. The summed E-state index contributed by atoms with van der Waals surface area (Å²) in [5, 5.41) is 9.70. The van der Waals surface area contributed by atoms with Crippen LogP contribution in [0.25, 0.3) is 0 Å². The van der Waals surface area contributed by atoms with Gasteiger partial charge in [0, 0.05) is 27.1 Å². The van der Waals surface area contributed by atoms with Crippen LogP contribution in [0.1, 0.15) is 29.7 Å². The molecule has 0 saturated carbocycles. The van der Waals surface area contributed by atoms with Crippen LogP contribution in [0.4, 0.5) is 5.95 Å². The number of rotatable bonds is 10. The first-order valence-electron chi connectivity index (χ1n) is 12.5. The van der Waals surface area contributed by atoms with E-state index in [1.165, 1.54) is 23.4 Å². The zero-order valence-corrected chi connectivity index (χ0v) is 24.0. The van der Waals surface area contributed by atoms with E-state index < -0.39 is 12.0 Å². The van der Waals surface area contributed by atoms with Crippen LogP contribution in [0.3, 0.4) is 0 Å². The van der Waals surface area contributed by atoms with Gasteiger partial charge in [0.25, 0.3) is 0 Å². The van der Waals surface area contributed by atoms with E-state index in [0.29, 0.717) is 43.9 Å². The maximum Gasteiger partial charge on any atom is 0.338 e. The van der Waals surface area contributed by atoms with E-state index in [4.69, 9.17) is 42.8 Å². The third kappa shape index (κ3) is 6.36. The summed E-state index contributed by atoms with van der Waals surface area (Å²) in [4.78, 5) is 18.0. The molecule has 40 heavy (non-hydrogen) atoms. The number of ether oxygens (including phenoxy) is 2. The van der Waals surface area contributed by atoms with Gasteiger partial charge in [-0.05, 0) is 42.3 Å². The Kier molecular flexibility index (Phi) is 8.79. The number of carbonyl (C=O) groups is 1. The van der Waals surface area contributed by atoms with Crippen LogP contribution in [0.5, 0.6) is 5.75 Å². The normalized spacial score (nSPS) is 14.3. The van der Waals surface area contributed by atoms with Crippen LogP contribution in [0.2, 0.25) is 10.0 Å². The van der Waals surface area contributed by atoms with Crippen LogP contribution in [0.15, 0.2) is 102 Å². The summed E-state index contributed by atoms with van der Waals surface area (Å²) < 4.78 is 13.3. The minimum absolute atomic E-state index is 0.0930. The number of halogens is 2. The Labute approximate surface area is 246 Å². The molecule has 1 aliphatic heterocycles. The third-order valence-corrected chi connectivity index (χ3v) is 7.68. The molecule has 0 radical (unpaired) electrons. The summed E-state index contributed by atoms with van der Waals surface area (Å²) in [6, 6.07) is 22.3. The van der Waals surface area contributed by atoms with Crippen molar-refractivity contribution in [3.63, 3.8) is 0 Å². The smallest absolute Gasteiger partial charge is 0.338 e. The van der Waals surface area contributed by atoms with Crippen molar-refractivity contribution in [3.8, 4) is 5.75 Å². The molecule has 0 aliphatic carbocycles. The fourth-order valence-electron chi connectivity index (χ4n) is 4.27. The highest BCUT2D eigenvalue weighted by Gasteiger charge is 2.35. The van der Waals surface area contributed by atoms with E-state index >= 15 is 0 Å². The molecule has 1 unspecified atom stereocenters. The number of fused-ring (bicyclic) bond motifs is 1. The van der Waals surface area contributed by atoms with E-state index in [0.717, 1.165) is 11.1 Å². The van der Waals surface area contributed by atoms with Crippen molar-refractivity contribution in [2.75, 3.05) is 11.9 Å². The second kappa shape index (κ2) is 12.6. The van der Waals surface area contributed by atoms with Crippen LogP contribution >= 0.6 is 35.0 Å². The van der Waals surface area contributed by atoms with Crippen LogP contribution in [-0.2, 0) is 21.9 Å². The Morgan fingerprint density at radius 2 is 1.95 bits per heavy atom. The highest BCUT2D eigenvalue weighted by atomic mass is 35.5. The number of esters is 1. The zero-order chi connectivity index (χ0) is 28.1. The molecule has 10 heteroatoms. The monoisotopic (exact) mass is 592 g/mol. The van der Waals surface area contributed by atoms with Gasteiger partial charge in [-0.2, -0.15) is 4.98 Å². The predicted octanol–water partition coefficient (Wildman–Crippen LogP) is 7.47. The molecule has 0 spiro atoms. The number of allylic oxidation sites excluding steroid dienone is 1. The van der Waals surface area contributed by atoms with E-state index in [1.54, 1.807) is 16.8 Å². The second-order valence-electron chi connectivity index (χ2n) is 8.99. The summed E-state index contributed by atoms with van der Waals surface area (Å²) in [5.74, 6) is 1.40. The number of nitrogens with zero attached hydrogens (tertiary/aromatic N) is 3. The Balaban J connectivity index is 1.46. The van der Waals surface area contributed by atoms with E-state index in [-0.39, 0.29) is 13.2 Å². The summed E-state index contributed by atoms with van der Waals surface area (Å²) >= 11 is 13.9. The standard InChI is InChI=1S/C30H26Cl2N4O3S/c1-3-14-38-28(37)26-19(2)33-29-34-30(40-18-20-8-5-4-6-9-20)35-36(29)27(26)21-10-7-11-24(15-21)39-17-22-12-13-23(31)16-25(22)32/h3-13,15-16,27H,1,14,17-18H2,2H3,(H,33,34,35). The number of hydrogen-bond donors (Lipinski definition) is 1. The van der Waals surface area contributed by atoms with Crippen molar-refractivity contribution in [1.82, 2.24) is 14.8 Å². The molecular weight excluding hydrogens is 567 g/mol. The molecule has 1 aromatic heterocycles. The SMILES string of the molecule is C=CCOC(=O)C1=C(C)Nc2nc(SCc3ccccc3)nn2C1c1cccc(OCc2ccc(Cl)cc2Cl)c1. The van der Waals surface area contributed by atoms with Crippen molar-refractivity contribution in [3.05, 3.63) is 123 Å². The molecule has 0 saturated heterocycles.